The van der Waals surface area contributed by atoms with E-state index in [9.17, 15) is 4.79 Å². The van der Waals surface area contributed by atoms with Crippen LogP contribution in [0.3, 0.4) is 0 Å². The number of rotatable bonds is 4. The van der Waals surface area contributed by atoms with Crippen molar-refractivity contribution in [2.45, 2.75) is 26.2 Å². The molecule has 6 heteroatoms. The van der Waals surface area contributed by atoms with Crippen LogP contribution >= 0.6 is 0 Å². The maximum Gasteiger partial charge on any atom is 0.258 e. The third-order valence-electron chi connectivity index (χ3n) is 3.81. The van der Waals surface area contributed by atoms with Crippen LogP contribution in [0.5, 0.6) is 0 Å². The van der Waals surface area contributed by atoms with Crippen molar-refractivity contribution in [2.75, 3.05) is 13.1 Å². The van der Waals surface area contributed by atoms with Crippen LogP contribution in [0.2, 0.25) is 0 Å². The van der Waals surface area contributed by atoms with E-state index in [2.05, 4.69) is 15.1 Å². The second kappa shape index (κ2) is 6.03. The SMILES string of the molecule is CCC(=O)N1CCC(Cc2noc(-c3ccncc3)n2)C1. The highest BCUT2D eigenvalue weighted by Gasteiger charge is 2.26. The Morgan fingerprint density at radius 1 is 1.43 bits per heavy atom. The highest BCUT2D eigenvalue weighted by atomic mass is 16.5. The van der Waals surface area contributed by atoms with E-state index in [-0.39, 0.29) is 5.91 Å². The fourth-order valence-corrected chi connectivity index (χ4v) is 2.66. The van der Waals surface area contributed by atoms with Crippen molar-refractivity contribution in [3.63, 3.8) is 0 Å². The molecule has 1 saturated heterocycles. The van der Waals surface area contributed by atoms with Crippen LogP contribution in [-0.4, -0.2) is 39.0 Å². The van der Waals surface area contributed by atoms with Gasteiger partial charge in [-0.25, -0.2) is 0 Å². The molecular formula is C15H18N4O2. The topological polar surface area (TPSA) is 72.1 Å². The van der Waals surface area contributed by atoms with Gasteiger partial charge in [-0.05, 0) is 24.5 Å². The van der Waals surface area contributed by atoms with Gasteiger partial charge in [-0.3, -0.25) is 9.78 Å². The van der Waals surface area contributed by atoms with Gasteiger partial charge in [0, 0.05) is 43.9 Å². The van der Waals surface area contributed by atoms with Gasteiger partial charge >= 0.3 is 0 Å². The molecule has 1 unspecified atom stereocenters. The van der Waals surface area contributed by atoms with Gasteiger partial charge in [-0.15, -0.1) is 0 Å². The van der Waals surface area contributed by atoms with Crippen LogP contribution in [0.4, 0.5) is 0 Å². The lowest BCUT2D eigenvalue weighted by Crippen LogP contribution is -2.28. The summed E-state index contributed by atoms with van der Waals surface area (Å²) >= 11 is 0. The summed E-state index contributed by atoms with van der Waals surface area (Å²) in [6, 6.07) is 3.68. The zero-order chi connectivity index (χ0) is 14.7. The van der Waals surface area contributed by atoms with E-state index in [1.807, 2.05) is 24.0 Å². The maximum atomic E-state index is 11.7. The minimum Gasteiger partial charge on any atom is -0.342 e. The summed E-state index contributed by atoms with van der Waals surface area (Å²) in [5.74, 6) is 1.87. The Bertz CT molecular complexity index is 611. The summed E-state index contributed by atoms with van der Waals surface area (Å²) in [6.45, 7) is 3.54. The van der Waals surface area contributed by atoms with Crippen LogP contribution in [0.25, 0.3) is 11.5 Å². The predicted octanol–water partition coefficient (Wildman–Crippen LogP) is 1.93. The molecule has 0 aliphatic carbocycles. The molecule has 0 aromatic carbocycles. The Morgan fingerprint density at radius 3 is 3.00 bits per heavy atom. The van der Waals surface area contributed by atoms with E-state index < -0.39 is 0 Å². The number of carbonyl (C=O) groups is 1. The van der Waals surface area contributed by atoms with Gasteiger partial charge in [0.15, 0.2) is 5.82 Å². The first-order valence-electron chi connectivity index (χ1n) is 7.27. The lowest BCUT2D eigenvalue weighted by molar-refractivity contribution is -0.129. The normalized spacial score (nSPS) is 18.1. The van der Waals surface area contributed by atoms with Crippen LogP contribution in [0.1, 0.15) is 25.6 Å². The van der Waals surface area contributed by atoms with Crippen molar-refractivity contribution in [1.82, 2.24) is 20.0 Å². The molecule has 1 amide bonds. The molecule has 2 aromatic heterocycles. The number of aromatic nitrogens is 3. The Hall–Kier alpha value is -2.24. The van der Waals surface area contributed by atoms with Gasteiger partial charge in [0.25, 0.3) is 5.89 Å². The second-order valence-corrected chi connectivity index (χ2v) is 5.30. The molecule has 3 rings (SSSR count). The molecule has 1 fully saturated rings. The molecule has 0 saturated carbocycles. The maximum absolute atomic E-state index is 11.7. The smallest absolute Gasteiger partial charge is 0.258 e. The fourth-order valence-electron chi connectivity index (χ4n) is 2.66. The number of carbonyl (C=O) groups excluding carboxylic acids is 1. The fraction of sp³-hybridized carbons (Fsp3) is 0.467. The molecule has 110 valence electrons. The summed E-state index contributed by atoms with van der Waals surface area (Å²) < 4.78 is 5.29. The number of amides is 1. The molecule has 6 nitrogen and oxygen atoms in total. The molecule has 2 aromatic rings. The van der Waals surface area contributed by atoms with Crippen molar-refractivity contribution >= 4 is 5.91 Å². The van der Waals surface area contributed by atoms with Crippen molar-refractivity contribution in [2.24, 2.45) is 5.92 Å². The summed E-state index contributed by atoms with van der Waals surface area (Å²) in [4.78, 5) is 22.0. The Kier molecular flexibility index (Phi) is 3.94. The number of likely N-dealkylation sites (tertiary alicyclic amines) is 1. The van der Waals surface area contributed by atoms with Gasteiger partial charge in [0.05, 0.1) is 0 Å². The molecular weight excluding hydrogens is 268 g/mol. The summed E-state index contributed by atoms with van der Waals surface area (Å²) in [5, 5.41) is 4.04. The van der Waals surface area contributed by atoms with Gasteiger partial charge < -0.3 is 9.42 Å². The largest absolute Gasteiger partial charge is 0.342 e. The predicted molar refractivity (Wildman–Crippen MR) is 76.2 cm³/mol. The zero-order valence-electron chi connectivity index (χ0n) is 12.0. The van der Waals surface area contributed by atoms with Crippen LogP contribution < -0.4 is 0 Å². The number of hydrogen-bond acceptors (Lipinski definition) is 5. The highest BCUT2D eigenvalue weighted by molar-refractivity contribution is 5.76. The molecule has 0 radical (unpaired) electrons. The standard InChI is InChI=1S/C15H18N4O2/c1-2-14(20)19-8-5-11(10-19)9-13-17-15(21-18-13)12-3-6-16-7-4-12/h3-4,6-7,11H,2,5,8-10H2,1H3. The van der Waals surface area contributed by atoms with E-state index in [1.54, 1.807) is 12.4 Å². The lowest BCUT2D eigenvalue weighted by atomic mass is 10.1. The van der Waals surface area contributed by atoms with Crippen LogP contribution in [0, 0.1) is 5.92 Å². The molecule has 0 spiro atoms. The average molecular weight is 286 g/mol. The first kappa shape index (κ1) is 13.7. The van der Waals surface area contributed by atoms with E-state index in [4.69, 9.17) is 4.52 Å². The second-order valence-electron chi connectivity index (χ2n) is 5.30. The molecule has 1 atom stereocenters. The molecule has 21 heavy (non-hydrogen) atoms. The third kappa shape index (κ3) is 3.09. The number of hydrogen-bond donors (Lipinski definition) is 0. The quantitative estimate of drug-likeness (QED) is 0.858. The minimum atomic E-state index is 0.225. The monoisotopic (exact) mass is 286 g/mol. The van der Waals surface area contributed by atoms with Gasteiger partial charge in [-0.1, -0.05) is 12.1 Å². The first-order valence-corrected chi connectivity index (χ1v) is 7.27. The minimum absolute atomic E-state index is 0.225. The van der Waals surface area contributed by atoms with Crippen LogP contribution in [0.15, 0.2) is 29.0 Å². The van der Waals surface area contributed by atoms with Crippen molar-refractivity contribution in [1.29, 1.82) is 0 Å². The molecule has 0 N–H and O–H groups in total. The van der Waals surface area contributed by atoms with Crippen molar-refractivity contribution < 1.29 is 9.32 Å². The highest BCUT2D eigenvalue weighted by Crippen LogP contribution is 2.22. The molecule has 0 bridgehead atoms. The summed E-state index contributed by atoms with van der Waals surface area (Å²) in [5.41, 5.74) is 0.873. The lowest BCUT2D eigenvalue weighted by Gasteiger charge is -2.14. The van der Waals surface area contributed by atoms with E-state index in [1.165, 1.54) is 0 Å². The average Bonchev–Trinajstić information content (AvgIpc) is 3.17. The Morgan fingerprint density at radius 2 is 2.24 bits per heavy atom. The van der Waals surface area contributed by atoms with E-state index >= 15 is 0 Å². The molecule has 1 aliphatic rings. The summed E-state index contributed by atoms with van der Waals surface area (Å²) in [6.07, 6.45) is 5.73. The first-order chi connectivity index (χ1) is 10.3. The summed E-state index contributed by atoms with van der Waals surface area (Å²) in [7, 11) is 0. The molecule has 1 aliphatic heterocycles. The third-order valence-corrected chi connectivity index (χ3v) is 3.81. The zero-order valence-corrected chi connectivity index (χ0v) is 12.0. The van der Waals surface area contributed by atoms with Crippen LogP contribution in [-0.2, 0) is 11.2 Å². The van der Waals surface area contributed by atoms with Crippen molar-refractivity contribution in [3.05, 3.63) is 30.4 Å². The Labute approximate surface area is 123 Å². The Balaban J connectivity index is 1.62. The van der Waals surface area contributed by atoms with Gasteiger partial charge in [0.1, 0.15) is 0 Å². The van der Waals surface area contributed by atoms with Crippen molar-refractivity contribution in [3.8, 4) is 11.5 Å². The van der Waals surface area contributed by atoms with E-state index in [0.717, 1.165) is 31.5 Å². The van der Waals surface area contributed by atoms with Gasteiger partial charge in [-0.2, -0.15) is 4.98 Å². The van der Waals surface area contributed by atoms with E-state index in [0.29, 0.717) is 24.1 Å². The number of nitrogens with zero attached hydrogens (tertiary/aromatic N) is 4. The molecule has 3 heterocycles. The number of pyridine rings is 1. The van der Waals surface area contributed by atoms with Gasteiger partial charge in [0.2, 0.25) is 5.91 Å².